The molecule has 11 heteroatoms. The summed E-state index contributed by atoms with van der Waals surface area (Å²) in [6, 6.07) is 20.4. The third-order valence-corrected chi connectivity index (χ3v) is 7.10. The molecule has 1 aromatic heterocycles. The molecule has 9 nitrogen and oxygen atoms in total. The van der Waals surface area contributed by atoms with Gasteiger partial charge in [0, 0.05) is 11.1 Å². The lowest BCUT2D eigenvalue weighted by atomic mass is 10.1. The van der Waals surface area contributed by atoms with Gasteiger partial charge in [-0.1, -0.05) is 41.4 Å². The molecular formula is C30H24Cl2N4O5. The maximum atomic E-state index is 14.2. The van der Waals surface area contributed by atoms with Crippen LogP contribution in [0.2, 0.25) is 10.3 Å². The van der Waals surface area contributed by atoms with E-state index in [0.29, 0.717) is 39.5 Å². The number of nitrogens with two attached hydrogens (primary N) is 1. The first kappa shape index (κ1) is 27.9. The summed E-state index contributed by atoms with van der Waals surface area (Å²) < 4.78 is 10.5. The van der Waals surface area contributed by atoms with Crippen LogP contribution in [0.1, 0.15) is 42.2 Å². The Morgan fingerprint density at radius 3 is 2.22 bits per heavy atom. The van der Waals surface area contributed by atoms with Gasteiger partial charge in [0.15, 0.2) is 0 Å². The van der Waals surface area contributed by atoms with Crippen molar-refractivity contribution in [3.8, 4) is 5.75 Å². The summed E-state index contributed by atoms with van der Waals surface area (Å²) in [6.07, 6.45) is 0. The number of aromatic nitrogens is 1. The minimum atomic E-state index is -0.636. The topological polar surface area (TPSA) is 115 Å². The molecule has 0 spiro atoms. The van der Waals surface area contributed by atoms with Crippen LogP contribution in [-0.2, 0) is 17.8 Å². The molecule has 0 unspecified atom stereocenters. The van der Waals surface area contributed by atoms with Crippen LogP contribution in [0.4, 0.5) is 17.1 Å². The summed E-state index contributed by atoms with van der Waals surface area (Å²) in [4.78, 5) is 46.0. The van der Waals surface area contributed by atoms with Gasteiger partial charge >= 0.3 is 5.97 Å². The fourth-order valence-corrected chi connectivity index (χ4v) is 5.31. The zero-order chi connectivity index (χ0) is 29.3. The lowest BCUT2D eigenvalue weighted by Crippen LogP contribution is -2.30. The number of carbonyl (C=O) groups excluding carboxylic acids is 3. The molecule has 0 saturated heterocycles. The van der Waals surface area contributed by atoms with Crippen molar-refractivity contribution in [2.45, 2.75) is 13.1 Å². The van der Waals surface area contributed by atoms with Crippen LogP contribution >= 0.6 is 23.2 Å². The van der Waals surface area contributed by atoms with E-state index in [1.807, 2.05) is 17.0 Å². The second kappa shape index (κ2) is 11.5. The largest absolute Gasteiger partial charge is 0.496 e. The molecule has 3 aromatic carbocycles. The van der Waals surface area contributed by atoms with Gasteiger partial charge in [-0.3, -0.25) is 9.59 Å². The van der Waals surface area contributed by atoms with Crippen LogP contribution in [0.5, 0.6) is 5.75 Å². The number of pyridine rings is 1. The Kier molecular flexibility index (Phi) is 7.83. The molecule has 1 aliphatic heterocycles. The summed E-state index contributed by atoms with van der Waals surface area (Å²) in [5, 5.41) is 0.371. The van der Waals surface area contributed by atoms with Crippen molar-refractivity contribution in [1.82, 2.24) is 4.98 Å². The minimum Gasteiger partial charge on any atom is -0.496 e. The van der Waals surface area contributed by atoms with Crippen LogP contribution in [-0.4, -0.2) is 37.0 Å². The molecule has 4 aromatic rings. The highest BCUT2D eigenvalue weighted by molar-refractivity contribution is 6.32. The molecule has 2 heterocycles. The number of halogens is 2. The fourth-order valence-electron chi connectivity index (χ4n) is 4.80. The van der Waals surface area contributed by atoms with E-state index in [9.17, 15) is 14.4 Å². The predicted octanol–water partition coefficient (Wildman–Crippen LogP) is 5.78. The molecule has 0 fully saturated rings. The summed E-state index contributed by atoms with van der Waals surface area (Å²) in [7, 11) is 2.82. The Hall–Kier alpha value is -4.60. The Labute approximate surface area is 246 Å². The van der Waals surface area contributed by atoms with Crippen LogP contribution < -0.4 is 20.3 Å². The Bertz CT molecular complexity index is 1670. The Morgan fingerprint density at radius 1 is 0.829 bits per heavy atom. The first-order valence-electron chi connectivity index (χ1n) is 12.4. The lowest BCUT2D eigenvalue weighted by molar-refractivity contribution is 0.0600. The van der Waals surface area contributed by atoms with Crippen molar-refractivity contribution in [1.29, 1.82) is 0 Å². The molecule has 208 valence electrons. The minimum absolute atomic E-state index is 0.0926. The van der Waals surface area contributed by atoms with Crippen molar-refractivity contribution in [3.05, 3.63) is 111 Å². The van der Waals surface area contributed by atoms with Crippen LogP contribution in [0.25, 0.3) is 0 Å². The number of methoxy groups -OCH3 is 2. The number of hydrogen-bond acceptors (Lipinski definition) is 7. The van der Waals surface area contributed by atoms with Crippen LogP contribution in [0.3, 0.4) is 0 Å². The van der Waals surface area contributed by atoms with Gasteiger partial charge in [-0.05, 0) is 60.2 Å². The highest BCUT2D eigenvalue weighted by atomic mass is 35.5. The van der Waals surface area contributed by atoms with Gasteiger partial charge in [0.2, 0.25) is 5.91 Å². The van der Waals surface area contributed by atoms with Crippen molar-refractivity contribution in [2.75, 3.05) is 24.0 Å². The molecule has 0 aliphatic carbocycles. The smallest absolute Gasteiger partial charge is 0.337 e. The van der Waals surface area contributed by atoms with Crippen molar-refractivity contribution >= 4 is 58.0 Å². The standard InChI is InChI=1S/C30H24Cl2N4O5/c1-40-25-14-19(30(39)41-2)7-8-20(25)16-35-22-6-4-3-5-21(22)29(38)36(15-17-11-26(31)34-27(32)12-17)24-13-18(28(33)37)9-10-23(24)35/h3-14H,15-16H2,1-2H3,(H2,33,37). The number of hydrogen-bond donors (Lipinski definition) is 1. The van der Waals surface area contributed by atoms with Gasteiger partial charge in [0.25, 0.3) is 5.91 Å². The molecule has 0 radical (unpaired) electrons. The molecule has 2 amide bonds. The molecule has 41 heavy (non-hydrogen) atoms. The maximum absolute atomic E-state index is 14.2. The number of anilines is 3. The number of rotatable bonds is 7. The third-order valence-electron chi connectivity index (χ3n) is 6.71. The Balaban J connectivity index is 1.69. The van der Waals surface area contributed by atoms with Crippen molar-refractivity contribution in [3.63, 3.8) is 0 Å². The molecule has 0 atom stereocenters. The molecule has 5 rings (SSSR count). The maximum Gasteiger partial charge on any atom is 0.337 e. The average Bonchev–Trinajstić information content (AvgIpc) is 3.05. The van der Waals surface area contributed by atoms with Gasteiger partial charge in [-0.25, -0.2) is 9.78 Å². The highest BCUT2D eigenvalue weighted by Crippen LogP contribution is 2.43. The van der Waals surface area contributed by atoms with Gasteiger partial charge in [0.05, 0.1) is 55.5 Å². The summed E-state index contributed by atoms with van der Waals surface area (Å²) in [5.74, 6) is -0.961. The number of carbonyl (C=O) groups is 3. The molecule has 1 aliphatic rings. The van der Waals surface area contributed by atoms with Crippen LogP contribution in [0, 0.1) is 0 Å². The SMILES string of the molecule is COC(=O)c1ccc(CN2c3ccccc3C(=O)N(Cc3cc(Cl)nc(Cl)c3)c3cc(C(N)=O)ccc32)c(OC)c1. The van der Waals surface area contributed by atoms with Gasteiger partial charge in [0.1, 0.15) is 16.1 Å². The number of benzene rings is 3. The number of amides is 2. The van der Waals surface area contributed by atoms with E-state index in [4.69, 9.17) is 38.4 Å². The quantitative estimate of drug-likeness (QED) is 0.214. The Morgan fingerprint density at radius 2 is 1.54 bits per heavy atom. The molecule has 0 saturated carbocycles. The van der Waals surface area contributed by atoms with E-state index >= 15 is 0 Å². The van der Waals surface area contributed by atoms with Gasteiger partial charge < -0.3 is 25.0 Å². The first-order chi connectivity index (χ1) is 19.7. The number of nitrogens with zero attached hydrogens (tertiary/aromatic N) is 3. The van der Waals surface area contributed by atoms with E-state index in [-0.39, 0.29) is 34.9 Å². The average molecular weight is 591 g/mol. The number of fused-ring (bicyclic) bond motifs is 2. The molecular weight excluding hydrogens is 567 g/mol. The third kappa shape index (κ3) is 5.54. The summed E-state index contributed by atoms with van der Waals surface area (Å²) in [6.45, 7) is 0.355. The van der Waals surface area contributed by atoms with E-state index in [1.54, 1.807) is 65.6 Å². The summed E-state index contributed by atoms with van der Waals surface area (Å²) >= 11 is 12.3. The number of esters is 1. The zero-order valence-electron chi connectivity index (χ0n) is 22.1. The van der Waals surface area contributed by atoms with Crippen molar-refractivity contribution < 1.29 is 23.9 Å². The number of primary amides is 1. The second-order valence-electron chi connectivity index (χ2n) is 9.20. The predicted molar refractivity (Wildman–Crippen MR) is 156 cm³/mol. The monoisotopic (exact) mass is 590 g/mol. The van der Waals surface area contributed by atoms with E-state index in [1.165, 1.54) is 14.2 Å². The van der Waals surface area contributed by atoms with Crippen LogP contribution in [0.15, 0.2) is 72.8 Å². The summed E-state index contributed by atoms with van der Waals surface area (Å²) in [5.41, 5.74) is 9.76. The lowest BCUT2D eigenvalue weighted by Gasteiger charge is -2.28. The number of ether oxygens (including phenoxy) is 2. The van der Waals surface area contributed by atoms with Gasteiger partial charge in [-0.15, -0.1) is 0 Å². The number of para-hydroxylation sites is 1. The fraction of sp³-hybridized carbons (Fsp3) is 0.133. The van der Waals surface area contributed by atoms with Gasteiger partial charge in [-0.2, -0.15) is 0 Å². The van der Waals surface area contributed by atoms with E-state index in [0.717, 1.165) is 5.56 Å². The van der Waals surface area contributed by atoms with E-state index < -0.39 is 11.9 Å². The highest BCUT2D eigenvalue weighted by Gasteiger charge is 2.32. The zero-order valence-corrected chi connectivity index (χ0v) is 23.6. The normalized spacial score (nSPS) is 12.3. The first-order valence-corrected chi connectivity index (χ1v) is 13.1. The second-order valence-corrected chi connectivity index (χ2v) is 9.98. The molecule has 0 bridgehead atoms. The van der Waals surface area contributed by atoms with E-state index in [2.05, 4.69) is 4.98 Å². The van der Waals surface area contributed by atoms with Crippen molar-refractivity contribution in [2.24, 2.45) is 5.73 Å². The molecule has 2 N–H and O–H groups in total.